The van der Waals surface area contributed by atoms with Crippen LogP contribution >= 0.6 is 0 Å². The Hall–Kier alpha value is -1.39. The summed E-state index contributed by atoms with van der Waals surface area (Å²) in [6.45, 7) is 5.08. The maximum Gasteiger partial charge on any atom is 0.244 e. The van der Waals surface area contributed by atoms with Crippen molar-refractivity contribution in [3.8, 4) is 0 Å². The van der Waals surface area contributed by atoms with E-state index in [1.807, 2.05) is 32.0 Å². The van der Waals surface area contributed by atoms with Gasteiger partial charge in [-0.3, -0.25) is 4.79 Å². The summed E-state index contributed by atoms with van der Waals surface area (Å²) in [6.07, 6.45) is 1.15. The number of hydrogen-bond donors (Lipinski definition) is 2. The minimum absolute atomic E-state index is 0.112. The van der Waals surface area contributed by atoms with Crippen LogP contribution in [-0.2, 0) is 9.53 Å². The summed E-state index contributed by atoms with van der Waals surface area (Å²) in [6, 6.07) is 5.99. The average molecular weight is 248 g/mol. The molecule has 0 bridgehead atoms. The zero-order valence-corrected chi connectivity index (χ0v) is 11.0. The number of amides is 1. The largest absolute Gasteiger partial charge is 0.381 e. The highest BCUT2D eigenvalue weighted by Gasteiger charge is 2.36. The number of hydrogen-bond acceptors (Lipinski definition) is 3. The molecule has 0 spiro atoms. The molecule has 18 heavy (non-hydrogen) atoms. The van der Waals surface area contributed by atoms with E-state index in [1.54, 1.807) is 0 Å². The van der Waals surface area contributed by atoms with E-state index >= 15 is 0 Å². The normalized spacial score (nSPS) is 18.4. The van der Waals surface area contributed by atoms with Gasteiger partial charge in [-0.15, -0.1) is 0 Å². The van der Waals surface area contributed by atoms with E-state index in [-0.39, 0.29) is 5.91 Å². The molecule has 1 aliphatic heterocycles. The van der Waals surface area contributed by atoms with E-state index in [0.29, 0.717) is 26.1 Å². The maximum atomic E-state index is 12.3. The van der Waals surface area contributed by atoms with Gasteiger partial charge in [-0.25, -0.2) is 0 Å². The summed E-state index contributed by atoms with van der Waals surface area (Å²) in [7, 11) is 0. The van der Waals surface area contributed by atoms with Gasteiger partial charge in [0.2, 0.25) is 5.91 Å². The molecule has 0 unspecified atom stereocenters. The van der Waals surface area contributed by atoms with E-state index in [2.05, 4.69) is 5.32 Å². The minimum atomic E-state index is -0.797. The Balaban J connectivity index is 2.13. The van der Waals surface area contributed by atoms with Crippen LogP contribution in [-0.4, -0.2) is 24.7 Å². The Bertz CT molecular complexity index is 451. The number of carbonyl (C=O) groups excluding carboxylic acids is 1. The molecule has 3 N–H and O–H groups in total. The van der Waals surface area contributed by atoms with Crippen LogP contribution in [0.15, 0.2) is 18.2 Å². The molecule has 4 heteroatoms. The second-order valence-corrected chi connectivity index (χ2v) is 5.04. The number of rotatable bonds is 2. The third-order valence-corrected chi connectivity index (χ3v) is 3.48. The van der Waals surface area contributed by atoms with Gasteiger partial charge < -0.3 is 15.8 Å². The second kappa shape index (κ2) is 5.08. The molecule has 0 atom stereocenters. The van der Waals surface area contributed by atoms with Gasteiger partial charge >= 0.3 is 0 Å². The Labute approximate surface area is 108 Å². The zero-order valence-electron chi connectivity index (χ0n) is 11.0. The molecular formula is C14H20N2O2. The van der Waals surface area contributed by atoms with Crippen molar-refractivity contribution in [1.82, 2.24) is 0 Å². The standard InChI is InChI=1S/C14H20N2O2/c1-10-3-4-11(2)12(9-10)16-13(17)14(15)5-7-18-8-6-14/h3-4,9H,5-8,15H2,1-2H3,(H,16,17). The van der Waals surface area contributed by atoms with Crippen LogP contribution in [0.25, 0.3) is 0 Å². The van der Waals surface area contributed by atoms with Gasteiger partial charge in [0, 0.05) is 18.9 Å². The monoisotopic (exact) mass is 248 g/mol. The number of benzene rings is 1. The molecule has 4 nitrogen and oxygen atoms in total. The Morgan fingerprint density at radius 3 is 2.67 bits per heavy atom. The summed E-state index contributed by atoms with van der Waals surface area (Å²) in [5.74, 6) is -0.112. The Kier molecular flexibility index (Phi) is 3.68. The molecule has 1 saturated heterocycles. The van der Waals surface area contributed by atoms with Crippen molar-refractivity contribution >= 4 is 11.6 Å². The molecule has 1 aliphatic rings. The van der Waals surface area contributed by atoms with Crippen LogP contribution in [0.2, 0.25) is 0 Å². The molecule has 1 heterocycles. The van der Waals surface area contributed by atoms with Gasteiger partial charge in [-0.1, -0.05) is 12.1 Å². The quantitative estimate of drug-likeness (QED) is 0.838. The lowest BCUT2D eigenvalue weighted by Crippen LogP contribution is -2.54. The summed E-state index contributed by atoms with van der Waals surface area (Å²) in [4.78, 5) is 12.3. The van der Waals surface area contributed by atoms with E-state index in [0.717, 1.165) is 16.8 Å². The van der Waals surface area contributed by atoms with E-state index < -0.39 is 5.54 Å². The SMILES string of the molecule is Cc1ccc(C)c(NC(=O)C2(N)CCOCC2)c1. The van der Waals surface area contributed by atoms with E-state index in [1.165, 1.54) is 0 Å². The highest BCUT2D eigenvalue weighted by atomic mass is 16.5. The maximum absolute atomic E-state index is 12.3. The number of carbonyl (C=O) groups is 1. The van der Waals surface area contributed by atoms with Gasteiger partial charge in [-0.05, 0) is 43.9 Å². The zero-order chi connectivity index (χ0) is 13.2. The number of nitrogens with two attached hydrogens (primary N) is 1. The fourth-order valence-electron chi connectivity index (χ4n) is 2.08. The molecule has 1 aromatic rings. The van der Waals surface area contributed by atoms with Crippen LogP contribution in [0.3, 0.4) is 0 Å². The third kappa shape index (κ3) is 2.71. The predicted molar refractivity (Wildman–Crippen MR) is 71.5 cm³/mol. The summed E-state index contributed by atoms with van der Waals surface area (Å²) >= 11 is 0. The molecular weight excluding hydrogens is 228 g/mol. The van der Waals surface area contributed by atoms with Crippen molar-refractivity contribution in [3.05, 3.63) is 29.3 Å². The summed E-state index contributed by atoms with van der Waals surface area (Å²) in [5.41, 5.74) is 8.36. The number of anilines is 1. The highest BCUT2D eigenvalue weighted by Crippen LogP contribution is 2.22. The van der Waals surface area contributed by atoms with Crippen LogP contribution in [0.5, 0.6) is 0 Å². The predicted octanol–water partition coefficient (Wildman–Crippen LogP) is 1.75. The van der Waals surface area contributed by atoms with Crippen molar-refractivity contribution in [3.63, 3.8) is 0 Å². The van der Waals surface area contributed by atoms with Crippen LogP contribution in [0, 0.1) is 13.8 Å². The molecule has 2 rings (SSSR count). The smallest absolute Gasteiger partial charge is 0.244 e. The molecule has 0 radical (unpaired) electrons. The molecule has 0 aromatic heterocycles. The minimum Gasteiger partial charge on any atom is -0.381 e. The Morgan fingerprint density at radius 1 is 1.33 bits per heavy atom. The lowest BCUT2D eigenvalue weighted by atomic mass is 9.90. The van der Waals surface area contributed by atoms with Crippen LogP contribution in [0.4, 0.5) is 5.69 Å². The lowest BCUT2D eigenvalue weighted by Gasteiger charge is -2.32. The van der Waals surface area contributed by atoms with Gasteiger partial charge in [0.15, 0.2) is 0 Å². The first-order valence-electron chi connectivity index (χ1n) is 6.27. The van der Waals surface area contributed by atoms with Gasteiger partial charge in [-0.2, -0.15) is 0 Å². The first kappa shape index (κ1) is 13.1. The fourth-order valence-corrected chi connectivity index (χ4v) is 2.08. The summed E-state index contributed by atoms with van der Waals surface area (Å²) in [5, 5.41) is 2.94. The van der Waals surface area contributed by atoms with Gasteiger partial charge in [0.05, 0.1) is 0 Å². The lowest BCUT2D eigenvalue weighted by molar-refractivity contribution is -0.124. The molecule has 0 saturated carbocycles. The van der Waals surface area contributed by atoms with Crippen molar-refractivity contribution in [1.29, 1.82) is 0 Å². The molecule has 1 amide bonds. The van der Waals surface area contributed by atoms with Crippen molar-refractivity contribution in [2.45, 2.75) is 32.2 Å². The van der Waals surface area contributed by atoms with Crippen LogP contribution < -0.4 is 11.1 Å². The number of ether oxygens (including phenoxy) is 1. The average Bonchev–Trinajstić information content (AvgIpc) is 2.35. The topological polar surface area (TPSA) is 64.4 Å². The van der Waals surface area contributed by atoms with Gasteiger partial charge in [0.1, 0.15) is 5.54 Å². The molecule has 1 aromatic carbocycles. The van der Waals surface area contributed by atoms with E-state index in [4.69, 9.17) is 10.5 Å². The fraction of sp³-hybridized carbons (Fsp3) is 0.500. The molecule has 98 valence electrons. The third-order valence-electron chi connectivity index (χ3n) is 3.48. The van der Waals surface area contributed by atoms with Crippen molar-refractivity contribution < 1.29 is 9.53 Å². The van der Waals surface area contributed by atoms with Crippen molar-refractivity contribution in [2.75, 3.05) is 18.5 Å². The molecule has 0 aliphatic carbocycles. The first-order chi connectivity index (χ1) is 8.51. The number of aryl methyl sites for hydroxylation is 2. The van der Waals surface area contributed by atoms with Crippen LogP contribution in [0.1, 0.15) is 24.0 Å². The Morgan fingerprint density at radius 2 is 2.00 bits per heavy atom. The number of nitrogens with one attached hydrogen (secondary N) is 1. The van der Waals surface area contributed by atoms with Gasteiger partial charge in [0.25, 0.3) is 0 Å². The van der Waals surface area contributed by atoms with E-state index in [9.17, 15) is 4.79 Å². The first-order valence-corrected chi connectivity index (χ1v) is 6.27. The molecule has 1 fully saturated rings. The second-order valence-electron chi connectivity index (χ2n) is 5.04. The summed E-state index contributed by atoms with van der Waals surface area (Å²) < 4.78 is 5.25. The van der Waals surface area contributed by atoms with Crippen molar-refractivity contribution in [2.24, 2.45) is 5.73 Å². The highest BCUT2D eigenvalue weighted by molar-refractivity contribution is 5.98.